The van der Waals surface area contributed by atoms with Crippen LogP contribution < -0.4 is 10.6 Å². The van der Waals surface area contributed by atoms with E-state index in [4.69, 9.17) is 40.0 Å². The number of halogens is 1. The Kier molecular flexibility index (Phi) is 10.0. The average molecular weight is 587 g/mol. The lowest BCUT2D eigenvalue weighted by Gasteiger charge is -2.48. The molecule has 0 aromatic carbocycles. The van der Waals surface area contributed by atoms with E-state index < -0.39 is 110 Å². The molecule has 0 aromatic heterocycles. The number of hydrogen-bond acceptors (Lipinski definition) is 14. The molecule has 0 aromatic rings. The molecular formula is C22H35ClN2O14. The lowest BCUT2D eigenvalue weighted by atomic mass is 9.95. The largest absolute Gasteiger partial charge is 0.394 e. The fourth-order valence-electron chi connectivity index (χ4n) is 4.97. The van der Waals surface area contributed by atoms with Crippen LogP contribution >= 0.6 is 11.6 Å². The maximum absolute atomic E-state index is 12.8. The van der Waals surface area contributed by atoms with Gasteiger partial charge in [0.25, 0.3) is 5.91 Å². The minimum Gasteiger partial charge on any atom is -0.394 e. The fraction of sp³-hybridized carbons (Fsp3) is 0.909. The van der Waals surface area contributed by atoms with Crippen molar-refractivity contribution in [2.24, 2.45) is 0 Å². The van der Waals surface area contributed by atoms with Crippen molar-refractivity contribution in [1.82, 2.24) is 10.6 Å². The molecule has 0 saturated carbocycles. The Balaban J connectivity index is 1.69. The lowest BCUT2D eigenvalue weighted by molar-refractivity contribution is -0.342. The zero-order chi connectivity index (χ0) is 28.6. The summed E-state index contributed by atoms with van der Waals surface area (Å²) in [5, 5.41) is 66.3. The van der Waals surface area contributed by atoms with Gasteiger partial charge in [-0.15, -0.1) is 11.6 Å². The summed E-state index contributed by atoms with van der Waals surface area (Å²) >= 11 is 6.59. The second kappa shape index (κ2) is 12.7. The van der Waals surface area contributed by atoms with Crippen LogP contribution in [0.4, 0.5) is 0 Å². The van der Waals surface area contributed by atoms with Crippen LogP contribution in [0.2, 0.25) is 0 Å². The van der Waals surface area contributed by atoms with Gasteiger partial charge >= 0.3 is 0 Å². The first-order valence-electron chi connectivity index (χ1n) is 12.5. The Labute approximate surface area is 228 Å². The van der Waals surface area contributed by atoms with Gasteiger partial charge in [-0.25, -0.2) is 0 Å². The average Bonchev–Trinajstić information content (AvgIpc) is 2.90. The summed E-state index contributed by atoms with van der Waals surface area (Å²) in [6, 6.07) is -1.14. The number of amides is 2. The Morgan fingerprint density at radius 1 is 0.897 bits per heavy atom. The summed E-state index contributed by atoms with van der Waals surface area (Å²) < 4.78 is 33.8. The molecule has 0 aliphatic carbocycles. The molecule has 4 bridgehead atoms. The first-order chi connectivity index (χ1) is 18.5. The zero-order valence-corrected chi connectivity index (χ0v) is 21.9. The van der Waals surface area contributed by atoms with Crippen molar-refractivity contribution in [2.75, 3.05) is 20.3 Å². The molecule has 4 fully saturated rings. The number of aliphatic hydroxyl groups is 6. The van der Waals surface area contributed by atoms with E-state index in [9.17, 15) is 40.2 Å². The van der Waals surface area contributed by atoms with Crippen LogP contribution in [0.5, 0.6) is 0 Å². The lowest BCUT2D eigenvalue weighted by Crippen LogP contribution is -2.68. The van der Waals surface area contributed by atoms with E-state index >= 15 is 0 Å². The van der Waals surface area contributed by atoms with Gasteiger partial charge in [0, 0.05) is 20.1 Å². The quantitative estimate of drug-likeness (QED) is 0.142. The fourth-order valence-corrected chi connectivity index (χ4v) is 5.30. The molecule has 4 saturated heterocycles. The van der Waals surface area contributed by atoms with Gasteiger partial charge in [-0.2, -0.15) is 0 Å². The van der Waals surface area contributed by atoms with Crippen molar-refractivity contribution in [1.29, 1.82) is 0 Å². The Morgan fingerprint density at radius 2 is 1.59 bits per heavy atom. The highest BCUT2D eigenvalue weighted by Gasteiger charge is 2.54. The third-order valence-electron chi connectivity index (χ3n) is 7.22. The molecule has 16 nitrogen and oxygen atoms in total. The van der Waals surface area contributed by atoms with Crippen molar-refractivity contribution in [2.45, 2.75) is 105 Å². The van der Waals surface area contributed by atoms with Crippen molar-refractivity contribution in [3.8, 4) is 0 Å². The molecule has 8 N–H and O–H groups in total. The molecule has 39 heavy (non-hydrogen) atoms. The van der Waals surface area contributed by atoms with Gasteiger partial charge in [0.2, 0.25) is 5.91 Å². The van der Waals surface area contributed by atoms with Crippen LogP contribution in [0.3, 0.4) is 0 Å². The topological polar surface area (TPSA) is 235 Å². The molecule has 2 amide bonds. The molecular weight excluding hydrogens is 552 g/mol. The number of hydrogen-bond donors (Lipinski definition) is 8. The van der Waals surface area contributed by atoms with Crippen LogP contribution in [-0.2, 0) is 38.0 Å². The first-order valence-corrected chi connectivity index (χ1v) is 12.9. The summed E-state index contributed by atoms with van der Waals surface area (Å²) in [6.45, 7) is 0.629. The SMILES string of the molecule is CO[C@@H]1O[C@H](CO)C(O)[C@@H]2O[C@@H]3O[C@@H](C)[C@H](O)[C@@H](O[C@H]4OC(C(=O)NCCC(=O)N[C@@H]12)[C@@H](O)[C@H](O)[C@@H]4O)[C@H]3Cl. The van der Waals surface area contributed by atoms with E-state index in [0.717, 1.165) is 0 Å². The standard InChI is InChI=1S/C22H35ClN2O14/c1-6-11(28)16-9(23)20(35-6)38-17-10(21(34-2)36-7(5-26)12(17)29)25-8(27)3-4-24-19(33)18-14(31)13(30)15(32)22(37-16)39-18/h6-7,9-18,20-22,26,28-32H,3-5H2,1-2H3,(H,24,33)(H,25,27)/t6-,7+,9+,10+,11-,12?,13-,14-,15-,16-,17+,18?,20-,21+,22-/m0/s1. The van der Waals surface area contributed by atoms with Crippen LogP contribution in [0.25, 0.3) is 0 Å². The van der Waals surface area contributed by atoms with Crippen LogP contribution in [0.1, 0.15) is 13.3 Å². The number of alkyl halides is 1. The van der Waals surface area contributed by atoms with Crippen molar-refractivity contribution in [3.63, 3.8) is 0 Å². The number of ether oxygens (including phenoxy) is 6. The van der Waals surface area contributed by atoms with E-state index in [2.05, 4.69) is 10.6 Å². The highest BCUT2D eigenvalue weighted by atomic mass is 35.5. The molecule has 224 valence electrons. The molecule has 2 unspecified atom stereocenters. The molecule has 0 radical (unpaired) electrons. The maximum atomic E-state index is 12.8. The number of fused-ring (bicyclic) bond motifs is 5. The van der Waals surface area contributed by atoms with Gasteiger partial charge in [0.15, 0.2) is 25.0 Å². The van der Waals surface area contributed by atoms with E-state index in [-0.39, 0.29) is 13.0 Å². The van der Waals surface area contributed by atoms with Crippen molar-refractivity contribution in [3.05, 3.63) is 0 Å². The summed E-state index contributed by atoms with van der Waals surface area (Å²) in [4.78, 5) is 25.5. The zero-order valence-electron chi connectivity index (χ0n) is 21.1. The second-order valence-corrected chi connectivity index (χ2v) is 10.3. The van der Waals surface area contributed by atoms with E-state index in [1.165, 1.54) is 14.0 Å². The Hall–Kier alpha value is -1.25. The normalized spacial score (nSPS) is 49.9. The highest BCUT2D eigenvalue weighted by molar-refractivity contribution is 6.21. The van der Waals surface area contributed by atoms with Gasteiger partial charge in [-0.05, 0) is 6.92 Å². The van der Waals surface area contributed by atoms with Gasteiger partial charge in [0.05, 0.1) is 12.7 Å². The summed E-state index contributed by atoms with van der Waals surface area (Å²) in [6.07, 6.45) is -19.6. The first kappa shape index (κ1) is 30.7. The highest BCUT2D eigenvalue weighted by Crippen LogP contribution is 2.34. The third kappa shape index (κ3) is 6.18. The van der Waals surface area contributed by atoms with Gasteiger partial charge in [0.1, 0.15) is 60.3 Å². The third-order valence-corrected chi connectivity index (χ3v) is 7.67. The Morgan fingerprint density at radius 3 is 2.26 bits per heavy atom. The molecule has 4 rings (SSSR count). The number of nitrogens with one attached hydrogen (secondary N) is 2. The summed E-state index contributed by atoms with van der Waals surface area (Å²) in [5.74, 6) is -1.52. The predicted molar refractivity (Wildman–Crippen MR) is 125 cm³/mol. The van der Waals surface area contributed by atoms with Crippen molar-refractivity contribution >= 4 is 23.4 Å². The Bertz CT molecular complexity index is 873. The van der Waals surface area contributed by atoms with Crippen molar-refractivity contribution < 1.29 is 68.6 Å². The summed E-state index contributed by atoms with van der Waals surface area (Å²) in [7, 11) is 1.28. The van der Waals surface area contributed by atoms with Crippen LogP contribution in [0.15, 0.2) is 0 Å². The molecule has 15 atom stereocenters. The van der Waals surface area contributed by atoms with E-state index in [1.54, 1.807) is 0 Å². The molecule has 4 heterocycles. The number of carbonyl (C=O) groups is 2. The molecule has 4 aliphatic heterocycles. The van der Waals surface area contributed by atoms with Gasteiger partial charge < -0.3 is 69.7 Å². The van der Waals surface area contributed by atoms with E-state index in [0.29, 0.717) is 0 Å². The number of carbonyl (C=O) groups excluding carboxylic acids is 2. The van der Waals surface area contributed by atoms with Gasteiger partial charge in [-0.1, -0.05) is 0 Å². The second-order valence-electron chi connectivity index (χ2n) is 9.83. The van der Waals surface area contributed by atoms with E-state index in [1.807, 2.05) is 0 Å². The minimum atomic E-state index is -1.86. The molecule has 0 spiro atoms. The summed E-state index contributed by atoms with van der Waals surface area (Å²) in [5.41, 5.74) is 0. The van der Waals surface area contributed by atoms with Gasteiger partial charge in [-0.3, -0.25) is 9.59 Å². The minimum absolute atomic E-state index is 0.228. The smallest absolute Gasteiger partial charge is 0.252 e. The molecule has 4 aliphatic rings. The predicted octanol–water partition coefficient (Wildman–Crippen LogP) is -4.99. The number of aliphatic hydroxyl groups excluding tert-OH is 6. The molecule has 17 heteroatoms. The number of methoxy groups -OCH3 is 1. The van der Waals surface area contributed by atoms with Crippen LogP contribution in [0, 0.1) is 0 Å². The maximum Gasteiger partial charge on any atom is 0.252 e. The number of rotatable bonds is 2. The monoisotopic (exact) mass is 586 g/mol. The van der Waals surface area contributed by atoms with Crippen LogP contribution in [-0.4, -0.2) is 154 Å².